The van der Waals surface area contributed by atoms with Crippen LogP contribution in [0.5, 0.6) is 0 Å². The zero-order valence-corrected chi connectivity index (χ0v) is 10.3. The molecule has 88 valence electrons. The van der Waals surface area contributed by atoms with E-state index in [2.05, 4.69) is 12.2 Å². The first kappa shape index (κ1) is 14.1. The van der Waals surface area contributed by atoms with Crippen LogP contribution in [-0.4, -0.2) is 17.7 Å². The highest BCUT2D eigenvalue weighted by Gasteiger charge is 2.18. The molecule has 3 nitrogen and oxygen atoms in total. The van der Waals surface area contributed by atoms with Crippen molar-refractivity contribution in [3.05, 3.63) is 0 Å². The van der Waals surface area contributed by atoms with E-state index < -0.39 is 0 Å². The SMILES string of the molecule is CC(=O)NC(C)(C)CCCC(C)CC=O. The Kier molecular flexibility index (Phi) is 6.21. The Morgan fingerprint density at radius 2 is 2.07 bits per heavy atom. The topological polar surface area (TPSA) is 46.2 Å². The van der Waals surface area contributed by atoms with Gasteiger partial charge in [0.15, 0.2) is 0 Å². The van der Waals surface area contributed by atoms with Crippen molar-refractivity contribution in [2.24, 2.45) is 5.92 Å². The molecule has 1 amide bonds. The van der Waals surface area contributed by atoms with E-state index in [1.54, 1.807) is 0 Å². The third kappa shape index (κ3) is 8.16. The molecule has 0 saturated heterocycles. The van der Waals surface area contributed by atoms with E-state index in [-0.39, 0.29) is 11.4 Å². The van der Waals surface area contributed by atoms with Crippen molar-refractivity contribution in [1.82, 2.24) is 5.32 Å². The molecule has 3 heteroatoms. The summed E-state index contributed by atoms with van der Waals surface area (Å²) in [4.78, 5) is 21.2. The number of carbonyl (C=O) groups is 2. The zero-order chi connectivity index (χ0) is 11.9. The monoisotopic (exact) mass is 213 g/mol. The second-order valence-corrected chi connectivity index (χ2v) is 4.96. The summed E-state index contributed by atoms with van der Waals surface area (Å²) in [7, 11) is 0. The highest BCUT2D eigenvalue weighted by Crippen LogP contribution is 2.17. The van der Waals surface area contributed by atoms with Crippen LogP contribution in [0.2, 0.25) is 0 Å². The quantitative estimate of drug-likeness (QED) is 0.659. The van der Waals surface area contributed by atoms with Gasteiger partial charge in [0.25, 0.3) is 0 Å². The van der Waals surface area contributed by atoms with E-state index in [0.717, 1.165) is 25.5 Å². The van der Waals surface area contributed by atoms with Crippen LogP contribution >= 0.6 is 0 Å². The third-order valence-corrected chi connectivity index (χ3v) is 2.51. The average Bonchev–Trinajstić information content (AvgIpc) is 2.01. The molecule has 1 unspecified atom stereocenters. The zero-order valence-electron chi connectivity index (χ0n) is 10.3. The molecule has 0 heterocycles. The predicted octanol–water partition coefficient (Wildman–Crippen LogP) is 2.30. The van der Waals surface area contributed by atoms with Gasteiger partial charge in [-0.1, -0.05) is 19.8 Å². The van der Waals surface area contributed by atoms with E-state index in [1.807, 2.05) is 13.8 Å². The summed E-state index contributed by atoms with van der Waals surface area (Å²) in [5, 5.41) is 2.92. The van der Waals surface area contributed by atoms with Crippen LogP contribution in [0.1, 0.15) is 53.4 Å². The number of hydrogen-bond donors (Lipinski definition) is 1. The lowest BCUT2D eigenvalue weighted by Crippen LogP contribution is -2.42. The van der Waals surface area contributed by atoms with Crippen LogP contribution in [0.25, 0.3) is 0 Å². The van der Waals surface area contributed by atoms with E-state index in [0.29, 0.717) is 12.3 Å². The Bertz CT molecular complexity index is 212. The molecule has 0 aromatic carbocycles. The van der Waals surface area contributed by atoms with Crippen molar-refractivity contribution < 1.29 is 9.59 Å². The summed E-state index contributed by atoms with van der Waals surface area (Å²) in [6.07, 6.45) is 4.66. The highest BCUT2D eigenvalue weighted by atomic mass is 16.1. The molecule has 0 saturated carbocycles. The van der Waals surface area contributed by atoms with Gasteiger partial charge in [-0.05, 0) is 26.2 Å². The Labute approximate surface area is 92.6 Å². The number of hydrogen-bond acceptors (Lipinski definition) is 2. The number of carbonyl (C=O) groups excluding carboxylic acids is 2. The van der Waals surface area contributed by atoms with E-state index in [1.165, 1.54) is 6.92 Å². The van der Waals surface area contributed by atoms with Crippen LogP contribution in [0.3, 0.4) is 0 Å². The van der Waals surface area contributed by atoms with Crippen LogP contribution < -0.4 is 5.32 Å². The maximum atomic E-state index is 10.9. The fourth-order valence-electron chi connectivity index (χ4n) is 1.71. The molecular weight excluding hydrogens is 190 g/mol. The van der Waals surface area contributed by atoms with Gasteiger partial charge in [0, 0.05) is 18.9 Å². The Morgan fingerprint density at radius 1 is 1.47 bits per heavy atom. The molecule has 1 atom stereocenters. The van der Waals surface area contributed by atoms with Gasteiger partial charge in [0.1, 0.15) is 6.29 Å². The molecule has 0 aliphatic rings. The third-order valence-electron chi connectivity index (χ3n) is 2.51. The lowest BCUT2D eigenvalue weighted by molar-refractivity contribution is -0.120. The van der Waals surface area contributed by atoms with Gasteiger partial charge < -0.3 is 10.1 Å². The predicted molar refractivity (Wildman–Crippen MR) is 61.6 cm³/mol. The first-order valence-corrected chi connectivity index (χ1v) is 5.60. The van der Waals surface area contributed by atoms with Crippen LogP contribution in [0, 0.1) is 5.92 Å². The van der Waals surface area contributed by atoms with Crippen molar-refractivity contribution in [1.29, 1.82) is 0 Å². The van der Waals surface area contributed by atoms with Crippen LogP contribution in [0.4, 0.5) is 0 Å². The minimum Gasteiger partial charge on any atom is -0.351 e. The van der Waals surface area contributed by atoms with Gasteiger partial charge in [-0.25, -0.2) is 0 Å². The molecule has 15 heavy (non-hydrogen) atoms. The number of rotatable bonds is 7. The van der Waals surface area contributed by atoms with E-state index in [4.69, 9.17) is 0 Å². The smallest absolute Gasteiger partial charge is 0.217 e. The second kappa shape index (κ2) is 6.59. The standard InChI is InChI=1S/C12H23NO2/c1-10(7-9-14)6-5-8-12(3,4)13-11(2)15/h9-10H,5-8H2,1-4H3,(H,13,15). The van der Waals surface area contributed by atoms with Gasteiger partial charge in [0.05, 0.1) is 0 Å². The fraction of sp³-hybridized carbons (Fsp3) is 0.833. The Morgan fingerprint density at radius 3 is 2.53 bits per heavy atom. The molecule has 0 aromatic heterocycles. The maximum absolute atomic E-state index is 10.9. The van der Waals surface area contributed by atoms with Crippen LogP contribution in [-0.2, 0) is 9.59 Å². The van der Waals surface area contributed by atoms with Gasteiger partial charge in [-0.2, -0.15) is 0 Å². The van der Waals surface area contributed by atoms with Crippen molar-refractivity contribution in [3.8, 4) is 0 Å². The first-order chi connectivity index (χ1) is 6.87. The van der Waals surface area contributed by atoms with Crippen molar-refractivity contribution in [2.75, 3.05) is 0 Å². The number of amides is 1. The van der Waals surface area contributed by atoms with E-state index >= 15 is 0 Å². The van der Waals surface area contributed by atoms with Crippen molar-refractivity contribution in [2.45, 2.75) is 58.9 Å². The maximum Gasteiger partial charge on any atom is 0.217 e. The second-order valence-electron chi connectivity index (χ2n) is 4.96. The summed E-state index contributed by atoms with van der Waals surface area (Å²) < 4.78 is 0. The lowest BCUT2D eigenvalue weighted by Gasteiger charge is -2.26. The van der Waals surface area contributed by atoms with Crippen molar-refractivity contribution in [3.63, 3.8) is 0 Å². The molecule has 0 aliphatic carbocycles. The molecule has 0 radical (unpaired) electrons. The summed E-state index contributed by atoms with van der Waals surface area (Å²) in [6, 6.07) is 0. The number of aldehydes is 1. The van der Waals surface area contributed by atoms with Gasteiger partial charge in [-0.15, -0.1) is 0 Å². The highest BCUT2D eigenvalue weighted by molar-refractivity contribution is 5.73. The normalized spacial score (nSPS) is 13.3. The summed E-state index contributed by atoms with van der Waals surface area (Å²) in [5.41, 5.74) is -0.132. The lowest BCUT2D eigenvalue weighted by atomic mass is 9.93. The van der Waals surface area contributed by atoms with Crippen LogP contribution in [0.15, 0.2) is 0 Å². The molecule has 0 aliphatic heterocycles. The van der Waals surface area contributed by atoms with Crippen molar-refractivity contribution >= 4 is 12.2 Å². The molecule has 1 N–H and O–H groups in total. The van der Waals surface area contributed by atoms with Gasteiger partial charge >= 0.3 is 0 Å². The summed E-state index contributed by atoms with van der Waals surface area (Å²) in [6.45, 7) is 7.67. The molecule has 0 fully saturated rings. The minimum atomic E-state index is -0.132. The minimum absolute atomic E-state index is 0.0148. The Hall–Kier alpha value is -0.860. The van der Waals surface area contributed by atoms with Gasteiger partial charge in [-0.3, -0.25) is 4.79 Å². The first-order valence-electron chi connectivity index (χ1n) is 5.60. The van der Waals surface area contributed by atoms with E-state index in [9.17, 15) is 9.59 Å². The fourth-order valence-corrected chi connectivity index (χ4v) is 1.71. The van der Waals surface area contributed by atoms with Gasteiger partial charge in [0.2, 0.25) is 5.91 Å². The Balaban J connectivity index is 3.73. The molecular formula is C12H23NO2. The molecule has 0 aromatic rings. The largest absolute Gasteiger partial charge is 0.351 e. The molecule has 0 bridgehead atoms. The molecule has 0 spiro atoms. The average molecular weight is 213 g/mol. The summed E-state index contributed by atoms with van der Waals surface area (Å²) in [5.74, 6) is 0.469. The summed E-state index contributed by atoms with van der Waals surface area (Å²) >= 11 is 0. The number of nitrogens with one attached hydrogen (secondary N) is 1. The molecule has 0 rings (SSSR count).